The molecule has 1 N–H and O–H groups in total. The molecule has 1 aromatic heterocycles. The molecule has 1 atom stereocenters. The first kappa shape index (κ1) is 12.8. The van der Waals surface area contributed by atoms with Crippen LogP contribution in [0, 0.1) is 13.8 Å². The van der Waals surface area contributed by atoms with Crippen molar-refractivity contribution in [2.45, 2.75) is 32.7 Å². The Balaban J connectivity index is 2.21. The van der Waals surface area contributed by atoms with E-state index in [1.807, 2.05) is 26.0 Å². The van der Waals surface area contributed by atoms with Gasteiger partial charge >= 0.3 is 0 Å². The summed E-state index contributed by atoms with van der Waals surface area (Å²) in [6.07, 6.45) is 3.07. The van der Waals surface area contributed by atoms with Crippen molar-refractivity contribution in [3.05, 3.63) is 39.9 Å². The van der Waals surface area contributed by atoms with E-state index in [0.29, 0.717) is 23.9 Å². The highest BCUT2D eigenvalue weighted by Gasteiger charge is 2.25. The van der Waals surface area contributed by atoms with E-state index in [-0.39, 0.29) is 11.5 Å². The number of benzene rings is 1. The maximum absolute atomic E-state index is 12.6. The third kappa shape index (κ3) is 1.99. The van der Waals surface area contributed by atoms with E-state index in [0.717, 1.165) is 17.5 Å². The van der Waals surface area contributed by atoms with Gasteiger partial charge in [-0.3, -0.25) is 14.2 Å². The molecule has 0 spiro atoms. The number of hydrogen-bond acceptors (Lipinski definition) is 3. The summed E-state index contributed by atoms with van der Waals surface area (Å²) in [6.45, 7) is 4.58. The predicted molar refractivity (Wildman–Crippen MR) is 76.8 cm³/mol. The maximum Gasteiger partial charge on any atom is 0.261 e. The molecule has 1 aromatic carbocycles. The first-order valence-corrected chi connectivity index (χ1v) is 6.84. The van der Waals surface area contributed by atoms with Crippen molar-refractivity contribution < 1.29 is 4.79 Å². The highest BCUT2D eigenvalue weighted by atomic mass is 16.2. The Bertz CT molecular complexity index is 749. The second-order valence-corrected chi connectivity index (χ2v) is 5.38. The number of piperidine rings is 1. The lowest BCUT2D eigenvalue weighted by Crippen LogP contribution is -2.41. The van der Waals surface area contributed by atoms with Crippen LogP contribution in [-0.4, -0.2) is 22.0 Å². The molecule has 0 saturated carbocycles. The van der Waals surface area contributed by atoms with Crippen LogP contribution >= 0.6 is 0 Å². The maximum atomic E-state index is 12.6. The van der Waals surface area contributed by atoms with Crippen LogP contribution in [0.25, 0.3) is 10.9 Å². The van der Waals surface area contributed by atoms with E-state index in [1.165, 1.54) is 10.9 Å². The molecule has 20 heavy (non-hydrogen) atoms. The summed E-state index contributed by atoms with van der Waals surface area (Å²) < 4.78 is 1.47. The van der Waals surface area contributed by atoms with Gasteiger partial charge in [0, 0.05) is 6.54 Å². The van der Waals surface area contributed by atoms with Crippen LogP contribution in [0.2, 0.25) is 0 Å². The molecule has 1 saturated heterocycles. The van der Waals surface area contributed by atoms with Gasteiger partial charge in [0.15, 0.2) is 0 Å². The molecule has 1 aliphatic heterocycles. The molecule has 0 radical (unpaired) electrons. The number of nitrogens with one attached hydrogen (secondary N) is 1. The van der Waals surface area contributed by atoms with Gasteiger partial charge < -0.3 is 5.32 Å². The van der Waals surface area contributed by atoms with Crippen LogP contribution in [0.5, 0.6) is 0 Å². The zero-order valence-electron chi connectivity index (χ0n) is 11.6. The fourth-order valence-corrected chi connectivity index (χ4v) is 2.85. The minimum Gasteiger partial charge on any atom is -0.354 e. The summed E-state index contributed by atoms with van der Waals surface area (Å²) in [5, 5.41) is 3.39. The molecule has 0 unspecified atom stereocenters. The van der Waals surface area contributed by atoms with E-state index in [2.05, 4.69) is 10.3 Å². The molecule has 3 rings (SSSR count). The monoisotopic (exact) mass is 271 g/mol. The summed E-state index contributed by atoms with van der Waals surface area (Å²) in [5.74, 6) is -0.0936. The van der Waals surface area contributed by atoms with Gasteiger partial charge in [-0.25, -0.2) is 4.98 Å². The fourth-order valence-electron chi connectivity index (χ4n) is 2.85. The molecule has 5 heteroatoms. The molecule has 2 heterocycles. The van der Waals surface area contributed by atoms with E-state index >= 15 is 0 Å². The third-order valence-electron chi connectivity index (χ3n) is 3.81. The minimum atomic E-state index is -0.436. The Labute approximate surface area is 116 Å². The van der Waals surface area contributed by atoms with E-state index in [1.54, 1.807) is 0 Å². The summed E-state index contributed by atoms with van der Waals surface area (Å²) in [7, 11) is 0. The SMILES string of the molecule is Cc1cc(C)c2ncn([C@@H]3CCCNC3=O)c(=O)c2c1. The number of carbonyl (C=O) groups excluding carboxylic acids is 1. The lowest BCUT2D eigenvalue weighted by molar-refractivity contribution is -0.125. The molecular weight excluding hydrogens is 254 g/mol. The lowest BCUT2D eigenvalue weighted by Gasteiger charge is -2.23. The Morgan fingerprint density at radius 1 is 1.30 bits per heavy atom. The molecule has 1 fully saturated rings. The minimum absolute atomic E-state index is 0.0936. The molecule has 0 aliphatic carbocycles. The number of nitrogens with zero attached hydrogens (tertiary/aromatic N) is 2. The summed E-state index contributed by atoms with van der Waals surface area (Å²) in [5.41, 5.74) is 2.59. The average molecular weight is 271 g/mol. The molecule has 5 nitrogen and oxygen atoms in total. The second-order valence-electron chi connectivity index (χ2n) is 5.38. The molecular formula is C15H17N3O2. The van der Waals surface area contributed by atoms with Crippen LogP contribution in [0.3, 0.4) is 0 Å². The van der Waals surface area contributed by atoms with Crippen molar-refractivity contribution in [3.63, 3.8) is 0 Å². The van der Waals surface area contributed by atoms with Crippen LogP contribution in [-0.2, 0) is 4.79 Å². The summed E-state index contributed by atoms with van der Waals surface area (Å²) >= 11 is 0. The van der Waals surface area contributed by atoms with Gasteiger partial charge in [0.2, 0.25) is 5.91 Å². The first-order chi connectivity index (χ1) is 9.58. The van der Waals surface area contributed by atoms with Crippen LogP contribution in [0.15, 0.2) is 23.3 Å². The molecule has 1 amide bonds. The second kappa shape index (κ2) is 4.74. The zero-order valence-corrected chi connectivity index (χ0v) is 11.6. The van der Waals surface area contributed by atoms with E-state index in [4.69, 9.17) is 0 Å². The highest BCUT2D eigenvalue weighted by molar-refractivity contribution is 5.83. The Morgan fingerprint density at radius 2 is 2.10 bits per heavy atom. The van der Waals surface area contributed by atoms with Gasteiger partial charge in [0.05, 0.1) is 17.2 Å². The van der Waals surface area contributed by atoms with Gasteiger partial charge in [0.25, 0.3) is 5.56 Å². The summed E-state index contributed by atoms with van der Waals surface area (Å²) in [6, 6.07) is 3.41. The number of fused-ring (bicyclic) bond motifs is 1. The summed E-state index contributed by atoms with van der Waals surface area (Å²) in [4.78, 5) is 28.9. The molecule has 104 valence electrons. The van der Waals surface area contributed by atoms with Gasteiger partial charge in [-0.2, -0.15) is 0 Å². The van der Waals surface area contributed by atoms with Gasteiger partial charge in [-0.05, 0) is 43.9 Å². The lowest BCUT2D eigenvalue weighted by atomic mass is 10.1. The number of carbonyl (C=O) groups is 1. The number of aryl methyl sites for hydroxylation is 2. The van der Waals surface area contributed by atoms with Gasteiger partial charge in [0.1, 0.15) is 6.04 Å². The fraction of sp³-hybridized carbons (Fsp3) is 0.400. The van der Waals surface area contributed by atoms with Crippen LogP contribution in [0.4, 0.5) is 0 Å². The number of amides is 1. The van der Waals surface area contributed by atoms with E-state index < -0.39 is 6.04 Å². The third-order valence-corrected chi connectivity index (χ3v) is 3.81. The van der Waals surface area contributed by atoms with Crippen molar-refractivity contribution in [3.8, 4) is 0 Å². The smallest absolute Gasteiger partial charge is 0.261 e. The quantitative estimate of drug-likeness (QED) is 0.854. The van der Waals surface area contributed by atoms with Gasteiger partial charge in [-0.15, -0.1) is 0 Å². The number of rotatable bonds is 1. The van der Waals surface area contributed by atoms with Gasteiger partial charge in [-0.1, -0.05) is 6.07 Å². The number of hydrogen-bond donors (Lipinski definition) is 1. The van der Waals surface area contributed by atoms with Crippen molar-refractivity contribution in [1.82, 2.24) is 14.9 Å². The Hall–Kier alpha value is -2.17. The standard InChI is InChI=1S/C15H17N3O2/c1-9-6-10(2)13-11(7-9)15(20)18(8-17-13)12-4-3-5-16-14(12)19/h6-8,12H,3-5H2,1-2H3,(H,16,19)/t12-/m1/s1. The van der Waals surface area contributed by atoms with Crippen molar-refractivity contribution >= 4 is 16.8 Å². The van der Waals surface area contributed by atoms with Crippen molar-refractivity contribution in [1.29, 1.82) is 0 Å². The topological polar surface area (TPSA) is 64.0 Å². The molecule has 2 aromatic rings. The number of aromatic nitrogens is 2. The predicted octanol–water partition coefficient (Wildman–Crippen LogP) is 1.46. The van der Waals surface area contributed by atoms with E-state index in [9.17, 15) is 9.59 Å². The highest BCUT2D eigenvalue weighted by Crippen LogP contribution is 2.19. The Kier molecular flexibility index (Phi) is 3.04. The molecule has 1 aliphatic rings. The normalized spacial score (nSPS) is 19.1. The van der Waals surface area contributed by atoms with Crippen LogP contribution < -0.4 is 10.9 Å². The average Bonchev–Trinajstić information content (AvgIpc) is 2.41. The first-order valence-electron chi connectivity index (χ1n) is 6.84. The van der Waals surface area contributed by atoms with Crippen LogP contribution in [0.1, 0.15) is 30.0 Å². The van der Waals surface area contributed by atoms with Crippen molar-refractivity contribution in [2.24, 2.45) is 0 Å². The zero-order chi connectivity index (χ0) is 14.3. The molecule has 0 bridgehead atoms. The van der Waals surface area contributed by atoms with Crippen molar-refractivity contribution in [2.75, 3.05) is 6.54 Å². The Morgan fingerprint density at radius 3 is 2.85 bits per heavy atom. The largest absolute Gasteiger partial charge is 0.354 e.